The highest BCUT2D eigenvalue weighted by Gasteiger charge is 2.32. The lowest BCUT2D eigenvalue weighted by Gasteiger charge is -2.16. The van der Waals surface area contributed by atoms with E-state index >= 15 is 0 Å². The predicted molar refractivity (Wildman–Crippen MR) is 22.9 cm³/mol. The maximum atomic E-state index is 11.3. The summed E-state index contributed by atoms with van der Waals surface area (Å²) in [6.45, 7) is -0.497. The molecule has 0 aromatic carbocycles. The molecule has 2 N–H and O–H groups in total. The van der Waals surface area contributed by atoms with E-state index in [1.807, 2.05) is 0 Å². The zero-order valence-corrected chi connectivity index (χ0v) is 4.37. The lowest BCUT2D eigenvalue weighted by Crippen LogP contribution is -2.38. The number of nitrogens with zero attached hydrogens (tertiary/aromatic N) is 1. The fourth-order valence-corrected chi connectivity index (χ4v) is 0.104. The van der Waals surface area contributed by atoms with Crippen LogP contribution in [0.5, 0.6) is 0 Å². The molecule has 0 rings (SSSR count). The fourth-order valence-electron chi connectivity index (χ4n) is 0.104. The Balaban J connectivity index is 3.62. The SMILES string of the molecule is CN(CN)C(F)(F)F. The molecule has 0 saturated heterocycles. The first kappa shape index (κ1) is 7.71. The number of halogens is 3. The zero-order valence-electron chi connectivity index (χ0n) is 4.37. The minimum atomic E-state index is -4.28. The van der Waals surface area contributed by atoms with E-state index in [1.165, 1.54) is 0 Å². The average Bonchev–Trinajstić information content (AvgIpc) is 1.62. The van der Waals surface area contributed by atoms with E-state index in [9.17, 15) is 13.2 Å². The second-order valence-corrected chi connectivity index (χ2v) is 1.35. The molecule has 0 bridgehead atoms. The molecule has 0 saturated carbocycles. The van der Waals surface area contributed by atoms with Gasteiger partial charge in [0.15, 0.2) is 0 Å². The van der Waals surface area contributed by atoms with Gasteiger partial charge >= 0.3 is 6.30 Å². The molecule has 0 radical (unpaired) electrons. The third kappa shape index (κ3) is 2.13. The molecule has 2 nitrogen and oxygen atoms in total. The van der Waals surface area contributed by atoms with Crippen molar-refractivity contribution >= 4 is 0 Å². The summed E-state index contributed by atoms with van der Waals surface area (Å²) in [5, 5.41) is 0. The molecule has 0 unspecified atom stereocenters. The zero-order chi connectivity index (χ0) is 6.78. The van der Waals surface area contributed by atoms with Gasteiger partial charge in [-0.15, -0.1) is 0 Å². The van der Waals surface area contributed by atoms with Gasteiger partial charge in [0.1, 0.15) is 0 Å². The topological polar surface area (TPSA) is 29.3 Å². The van der Waals surface area contributed by atoms with Gasteiger partial charge in [-0.05, 0) is 7.05 Å². The van der Waals surface area contributed by atoms with Crippen LogP contribution >= 0.6 is 0 Å². The van der Waals surface area contributed by atoms with Crippen molar-refractivity contribution in [3.8, 4) is 0 Å². The van der Waals surface area contributed by atoms with Gasteiger partial charge in [0.05, 0.1) is 6.67 Å². The van der Waals surface area contributed by atoms with Crippen LogP contribution in [0.3, 0.4) is 0 Å². The number of rotatable bonds is 1. The van der Waals surface area contributed by atoms with E-state index < -0.39 is 13.0 Å². The Bertz CT molecular complexity index is 69.4. The molecule has 8 heavy (non-hydrogen) atoms. The lowest BCUT2D eigenvalue weighted by atomic mass is 10.8. The lowest BCUT2D eigenvalue weighted by molar-refractivity contribution is -0.235. The Kier molecular flexibility index (Phi) is 2.24. The van der Waals surface area contributed by atoms with Crippen LogP contribution in [-0.2, 0) is 0 Å². The van der Waals surface area contributed by atoms with E-state index in [0.717, 1.165) is 7.05 Å². The molecular weight excluding hydrogens is 121 g/mol. The largest absolute Gasteiger partial charge is 0.460 e. The van der Waals surface area contributed by atoms with Crippen LogP contribution in [0.2, 0.25) is 0 Å². The van der Waals surface area contributed by atoms with Crippen LogP contribution in [0.4, 0.5) is 13.2 Å². The highest BCUT2D eigenvalue weighted by molar-refractivity contribution is 4.45. The fraction of sp³-hybridized carbons (Fsp3) is 1.00. The van der Waals surface area contributed by atoms with E-state index in [4.69, 9.17) is 0 Å². The first-order valence-electron chi connectivity index (χ1n) is 1.96. The maximum absolute atomic E-state index is 11.3. The summed E-state index contributed by atoms with van der Waals surface area (Å²) in [7, 11) is 0.889. The summed E-state index contributed by atoms with van der Waals surface area (Å²) < 4.78 is 33.9. The van der Waals surface area contributed by atoms with E-state index in [-0.39, 0.29) is 4.90 Å². The van der Waals surface area contributed by atoms with Crippen molar-refractivity contribution in [1.82, 2.24) is 4.90 Å². The molecule has 0 spiro atoms. The second kappa shape index (κ2) is 2.32. The van der Waals surface area contributed by atoms with Crippen molar-refractivity contribution in [3.63, 3.8) is 0 Å². The van der Waals surface area contributed by atoms with Crippen molar-refractivity contribution in [2.75, 3.05) is 13.7 Å². The Labute approximate surface area is 45.1 Å². The molecule has 0 aromatic rings. The van der Waals surface area contributed by atoms with E-state index in [0.29, 0.717) is 0 Å². The van der Waals surface area contributed by atoms with Crippen molar-refractivity contribution in [2.45, 2.75) is 6.30 Å². The summed E-state index contributed by atoms with van der Waals surface area (Å²) in [6, 6.07) is 0. The van der Waals surface area contributed by atoms with Gasteiger partial charge < -0.3 is 5.73 Å². The molecule has 0 fully saturated rings. The van der Waals surface area contributed by atoms with Crippen molar-refractivity contribution < 1.29 is 13.2 Å². The summed E-state index contributed by atoms with van der Waals surface area (Å²) in [6.07, 6.45) is -4.28. The number of nitrogens with two attached hydrogens (primary N) is 1. The molecule has 0 heterocycles. The quantitative estimate of drug-likeness (QED) is 0.408. The summed E-state index contributed by atoms with van der Waals surface area (Å²) >= 11 is 0. The van der Waals surface area contributed by atoms with Crippen LogP contribution in [0.1, 0.15) is 0 Å². The number of hydrogen-bond acceptors (Lipinski definition) is 2. The standard InChI is InChI=1S/C3H7F3N2/c1-8(2-7)3(4,5)6/h2,7H2,1H3. The Morgan fingerprint density at radius 3 is 1.88 bits per heavy atom. The molecule has 50 valence electrons. The monoisotopic (exact) mass is 128 g/mol. The van der Waals surface area contributed by atoms with Crippen molar-refractivity contribution in [1.29, 1.82) is 0 Å². The minimum Gasteiger partial charge on any atom is -0.318 e. The van der Waals surface area contributed by atoms with Gasteiger partial charge in [-0.25, -0.2) is 4.90 Å². The van der Waals surface area contributed by atoms with Crippen LogP contribution in [0.15, 0.2) is 0 Å². The minimum absolute atomic E-state index is 0.0903. The Hall–Kier alpha value is -0.290. The third-order valence-corrected chi connectivity index (χ3v) is 0.707. The van der Waals surface area contributed by atoms with Gasteiger partial charge in [0.2, 0.25) is 0 Å². The normalized spacial score (nSPS) is 12.8. The Morgan fingerprint density at radius 1 is 1.50 bits per heavy atom. The van der Waals surface area contributed by atoms with Gasteiger partial charge in [0, 0.05) is 0 Å². The first-order chi connectivity index (χ1) is 3.48. The average molecular weight is 128 g/mol. The molecule has 0 aliphatic rings. The van der Waals surface area contributed by atoms with Gasteiger partial charge in [-0.2, -0.15) is 13.2 Å². The Morgan fingerprint density at radius 2 is 1.88 bits per heavy atom. The van der Waals surface area contributed by atoms with E-state index in [1.54, 1.807) is 0 Å². The van der Waals surface area contributed by atoms with Crippen LogP contribution in [0, 0.1) is 0 Å². The first-order valence-corrected chi connectivity index (χ1v) is 1.96. The molecule has 5 heteroatoms. The van der Waals surface area contributed by atoms with E-state index in [2.05, 4.69) is 5.73 Å². The van der Waals surface area contributed by atoms with Crippen molar-refractivity contribution in [3.05, 3.63) is 0 Å². The van der Waals surface area contributed by atoms with Crippen molar-refractivity contribution in [2.24, 2.45) is 5.73 Å². The highest BCUT2D eigenvalue weighted by atomic mass is 19.4. The van der Waals surface area contributed by atoms with Gasteiger partial charge in [-0.3, -0.25) is 0 Å². The van der Waals surface area contributed by atoms with Crippen LogP contribution in [-0.4, -0.2) is 24.9 Å². The summed E-state index contributed by atoms with van der Waals surface area (Å²) in [5.41, 5.74) is 4.66. The molecule has 0 aliphatic heterocycles. The molecule has 0 aromatic heterocycles. The van der Waals surface area contributed by atoms with Gasteiger partial charge in [-0.1, -0.05) is 0 Å². The van der Waals surface area contributed by atoms with Crippen LogP contribution < -0.4 is 5.73 Å². The number of alkyl halides is 3. The molecular formula is C3H7F3N2. The number of hydrogen-bond donors (Lipinski definition) is 1. The smallest absolute Gasteiger partial charge is 0.318 e. The van der Waals surface area contributed by atoms with Gasteiger partial charge in [0.25, 0.3) is 0 Å². The maximum Gasteiger partial charge on any atom is 0.460 e. The summed E-state index contributed by atoms with van der Waals surface area (Å²) in [5.74, 6) is 0. The molecule has 0 amide bonds. The molecule has 0 aliphatic carbocycles. The highest BCUT2D eigenvalue weighted by Crippen LogP contribution is 2.16. The molecule has 0 atom stereocenters. The summed E-state index contributed by atoms with van der Waals surface area (Å²) in [4.78, 5) is 0.0903. The predicted octanol–water partition coefficient (Wildman–Crippen LogP) is 0.354. The van der Waals surface area contributed by atoms with Crippen LogP contribution in [0.25, 0.3) is 0 Å². The third-order valence-electron chi connectivity index (χ3n) is 0.707. The second-order valence-electron chi connectivity index (χ2n) is 1.35.